The first kappa shape index (κ1) is 6.43. The fraction of sp³-hybridized carbons (Fsp3) is 0.429. The van der Waals surface area contributed by atoms with Crippen molar-refractivity contribution >= 4 is 15.9 Å². The third-order valence-corrected chi connectivity index (χ3v) is 2.25. The minimum absolute atomic E-state index is 1.06. The van der Waals surface area contributed by atoms with Gasteiger partial charge in [-0.05, 0) is 34.6 Å². The van der Waals surface area contributed by atoms with E-state index in [0.29, 0.717) is 0 Å². The molecule has 0 fully saturated rings. The van der Waals surface area contributed by atoms with Crippen LogP contribution in [0.3, 0.4) is 0 Å². The highest BCUT2D eigenvalue weighted by Gasteiger charge is 2.16. The molecule has 0 radical (unpaired) electrons. The molecule has 2 heterocycles. The number of rotatable bonds is 0. The number of fused-ring (bicyclic) bond motifs is 1. The number of H-pyrrole nitrogens is 1. The molecule has 0 saturated heterocycles. The summed E-state index contributed by atoms with van der Waals surface area (Å²) in [5, 5.41) is 0. The molecule has 0 spiro atoms. The molecule has 0 unspecified atom stereocenters. The Labute approximate surface area is 68.4 Å². The van der Waals surface area contributed by atoms with Gasteiger partial charge in [-0.25, -0.2) is 0 Å². The van der Waals surface area contributed by atoms with Crippen LogP contribution in [0.25, 0.3) is 0 Å². The Morgan fingerprint density at radius 2 is 2.40 bits per heavy atom. The van der Waals surface area contributed by atoms with Gasteiger partial charge in [0.15, 0.2) is 0 Å². The van der Waals surface area contributed by atoms with E-state index in [0.717, 1.165) is 17.7 Å². The van der Waals surface area contributed by atoms with Crippen LogP contribution in [-0.2, 0) is 13.1 Å². The maximum atomic E-state index is 3.40. The molecule has 54 valence electrons. The molecule has 1 aliphatic rings. The molecular formula is C7H9BrN2. The summed E-state index contributed by atoms with van der Waals surface area (Å²) in [7, 11) is 2.13. The third kappa shape index (κ3) is 0.896. The smallest absolute Gasteiger partial charge is 0.0825 e. The van der Waals surface area contributed by atoms with Gasteiger partial charge in [0, 0.05) is 18.8 Å². The summed E-state index contributed by atoms with van der Waals surface area (Å²) in [5.74, 6) is 0. The number of halogens is 1. The zero-order valence-electron chi connectivity index (χ0n) is 5.82. The Balaban J connectivity index is 2.39. The van der Waals surface area contributed by atoms with Gasteiger partial charge in [0.05, 0.1) is 4.60 Å². The second kappa shape index (κ2) is 2.10. The third-order valence-electron chi connectivity index (χ3n) is 1.83. The standard InChI is InChI=1S/C7H9BrN2/c1-10-3-5-2-7(8)9-6(5)4-10/h2,9H,3-4H2,1H3. The second-order valence-corrected chi connectivity index (χ2v) is 3.65. The summed E-state index contributed by atoms with van der Waals surface area (Å²) in [4.78, 5) is 5.55. The van der Waals surface area contributed by atoms with Crippen molar-refractivity contribution in [1.82, 2.24) is 9.88 Å². The summed E-state index contributed by atoms with van der Waals surface area (Å²) in [6.45, 7) is 2.14. The molecule has 0 aromatic carbocycles. The van der Waals surface area contributed by atoms with Gasteiger partial charge in [0.25, 0.3) is 0 Å². The van der Waals surface area contributed by atoms with Gasteiger partial charge in [-0.1, -0.05) is 0 Å². The van der Waals surface area contributed by atoms with E-state index in [-0.39, 0.29) is 0 Å². The van der Waals surface area contributed by atoms with Crippen LogP contribution in [0.5, 0.6) is 0 Å². The highest BCUT2D eigenvalue weighted by Crippen LogP contribution is 2.23. The molecule has 2 rings (SSSR count). The molecule has 1 aromatic heterocycles. The van der Waals surface area contributed by atoms with Crippen LogP contribution in [0.2, 0.25) is 0 Å². The molecule has 0 amide bonds. The first-order chi connectivity index (χ1) is 4.75. The average molecular weight is 201 g/mol. The van der Waals surface area contributed by atoms with Crippen molar-refractivity contribution in [2.24, 2.45) is 0 Å². The lowest BCUT2D eigenvalue weighted by atomic mass is 10.3. The maximum Gasteiger partial charge on any atom is 0.0825 e. The van der Waals surface area contributed by atoms with Gasteiger partial charge in [-0.3, -0.25) is 4.90 Å². The number of aromatic nitrogens is 1. The van der Waals surface area contributed by atoms with E-state index in [4.69, 9.17) is 0 Å². The van der Waals surface area contributed by atoms with Gasteiger partial charge in [-0.15, -0.1) is 0 Å². The Morgan fingerprint density at radius 1 is 1.60 bits per heavy atom. The summed E-state index contributed by atoms with van der Waals surface area (Å²) in [5.41, 5.74) is 2.78. The molecule has 1 aliphatic heterocycles. The van der Waals surface area contributed by atoms with E-state index in [2.05, 4.69) is 38.9 Å². The first-order valence-electron chi connectivity index (χ1n) is 3.30. The van der Waals surface area contributed by atoms with E-state index in [1.54, 1.807) is 0 Å². The van der Waals surface area contributed by atoms with Crippen molar-refractivity contribution < 1.29 is 0 Å². The molecule has 3 heteroatoms. The minimum atomic E-state index is 1.06. The summed E-state index contributed by atoms with van der Waals surface area (Å²) >= 11 is 3.40. The lowest BCUT2D eigenvalue weighted by Crippen LogP contribution is -2.08. The quantitative estimate of drug-likeness (QED) is 0.677. The van der Waals surface area contributed by atoms with Gasteiger partial charge >= 0.3 is 0 Å². The minimum Gasteiger partial charge on any atom is -0.352 e. The average Bonchev–Trinajstić information content (AvgIpc) is 2.21. The molecule has 2 nitrogen and oxygen atoms in total. The number of hydrogen-bond donors (Lipinski definition) is 1. The van der Waals surface area contributed by atoms with Crippen LogP contribution < -0.4 is 0 Å². The second-order valence-electron chi connectivity index (χ2n) is 2.79. The summed E-state index contributed by atoms with van der Waals surface area (Å²) < 4.78 is 1.10. The van der Waals surface area contributed by atoms with Crippen molar-refractivity contribution in [1.29, 1.82) is 0 Å². The van der Waals surface area contributed by atoms with E-state index < -0.39 is 0 Å². The van der Waals surface area contributed by atoms with Crippen LogP contribution in [0, 0.1) is 0 Å². The number of aromatic amines is 1. The van der Waals surface area contributed by atoms with Gasteiger partial charge in [-0.2, -0.15) is 0 Å². The van der Waals surface area contributed by atoms with Crippen LogP contribution in [-0.4, -0.2) is 16.9 Å². The van der Waals surface area contributed by atoms with Crippen LogP contribution in [0.4, 0.5) is 0 Å². The SMILES string of the molecule is CN1Cc2cc(Br)[nH]c2C1. The largest absolute Gasteiger partial charge is 0.352 e. The van der Waals surface area contributed by atoms with Gasteiger partial charge in [0.1, 0.15) is 0 Å². The van der Waals surface area contributed by atoms with Crippen LogP contribution in [0.1, 0.15) is 11.3 Å². The molecule has 10 heavy (non-hydrogen) atoms. The molecular weight excluding hydrogens is 192 g/mol. The van der Waals surface area contributed by atoms with Crippen LogP contribution >= 0.6 is 15.9 Å². The fourth-order valence-electron chi connectivity index (χ4n) is 1.40. The van der Waals surface area contributed by atoms with E-state index in [1.807, 2.05) is 0 Å². The molecule has 1 N–H and O–H groups in total. The normalized spacial score (nSPS) is 17.8. The molecule has 0 aliphatic carbocycles. The number of hydrogen-bond acceptors (Lipinski definition) is 1. The Hall–Kier alpha value is -0.280. The van der Waals surface area contributed by atoms with E-state index >= 15 is 0 Å². The number of nitrogens with one attached hydrogen (secondary N) is 1. The molecule has 1 aromatic rings. The van der Waals surface area contributed by atoms with Crippen molar-refractivity contribution in [3.8, 4) is 0 Å². The zero-order chi connectivity index (χ0) is 7.14. The lowest BCUT2D eigenvalue weighted by molar-refractivity contribution is 0.350. The summed E-state index contributed by atoms with van der Waals surface area (Å²) in [6, 6.07) is 2.15. The monoisotopic (exact) mass is 200 g/mol. The lowest BCUT2D eigenvalue weighted by Gasteiger charge is -2.03. The highest BCUT2D eigenvalue weighted by molar-refractivity contribution is 9.10. The maximum absolute atomic E-state index is 3.40. The molecule has 0 atom stereocenters. The van der Waals surface area contributed by atoms with E-state index in [1.165, 1.54) is 11.3 Å². The van der Waals surface area contributed by atoms with Gasteiger partial charge < -0.3 is 4.98 Å². The van der Waals surface area contributed by atoms with Gasteiger partial charge in [0.2, 0.25) is 0 Å². The van der Waals surface area contributed by atoms with E-state index in [9.17, 15) is 0 Å². The van der Waals surface area contributed by atoms with Crippen molar-refractivity contribution in [3.63, 3.8) is 0 Å². The highest BCUT2D eigenvalue weighted by atomic mass is 79.9. The predicted octanol–water partition coefficient (Wildman–Crippen LogP) is 1.72. The van der Waals surface area contributed by atoms with Crippen molar-refractivity contribution in [2.45, 2.75) is 13.1 Å². The Kier molecular flexibility index (Phi) is 1.35. The fourth-order valence-corrected chi connectivity index (χ4v) is 1.91. The topological polar surface area (TPSA) is 19.0 Å². The molecule has 0 bridgehead atoms. The number of nitrogens with zero attached hydrogens (tertiary/aromatic N) is 1. The first-order valence-corrected chi connectivity index (χ1v) is 4.10. The predicted molar refractivity (Wildman–Crippen MR) is 43.7 cm³/mol. The molecule has 0 saturated carbocycles. The Morgan fingerprint density at radius 3 is 3.10 bits per heavy atom. The summed E-state index contributed by atoms with van der Waals surface area (Å²) in [6.07, 6.45) is 0. The van der Waals surface area contributed by atoms with Crippen molar-refractivity contribution in [3.05, 3.63) is 21.9 Å². The zero-order valence-corrected chi connectivity index (χ0v) is 7.40. The van der Waals surface area contributed by atoms with Crippen LogP contribution in [0.15, 0.2) is 10.7 Å². The Bertz CT molecular complexity index is 231. The van der Waals surface area contributed by atoms with Crippen molar-refractivity contribution in [2.75, 3.05) is 7.05 Å².